The number of benzene rings is 2. The maximum absolute atomic E-state index is 11.7. The number of nitrogens with one attached hydrogen (secondary N) is 1. The number of hydrogen-bond donors (Lipinski definition) is 2. The molecule has 0 saturated heterocycles. The number of fused-ring (bicyclic) bond motifs is 1. The molecule has 0 aliphatic carbocycles. The Morgan fingerprint density at radius 2 is 1.89 bits per heavy atom. The van der Waals surface area contributed by atoms with Gasteiger partial charge in [-0.05, 0) is 19.4 Å². The molecule has 0 unspecified atom stereocenters. The summed E-state index contributed by atoms with van der Waals surface area (Å²) < 4.78 is 11.9. The molecule has 0 radical (unpaired) electrons. The molecule has 0 saturated carbocycles. The van der Waals surface area contributed by atoms with Crippen LogP contribution in [0.3, 0.4) is 0 Å². The van der Waals surface area contributed by atoms with E-state index in [4.69, 9.17) is 9.47 Å². The Morgan fingerprint density at radius 3 is 2.48 bits per heavy atom. The van der Waals surface area contributed by atoms with Crippen LogP contribution >= 0.6 is 0 Å². The third kappa shape index (κ3) is 4.00. The molecule has 3 rings (SSSR count). The molecule has 0 atom stereocenters. The van der Waals surface area contributed by atoms with E-state index in [-0.39, 0.29) is 11.8 Å². The van der Waals surface area contributed by atoms with E-state index in [9.17, 15) is 9.90 Å². The standard InChI is InChI=1S/C21H24N2O4/c1-13(2)27-15-10-16-18(20(23(3)4)19(22-16)21(24)25)17(11-15)26-12-14-8-6-5-7-9-14/h5-11,13,22H,12H2,1-4H3,(H,24,25). The van der Waals surface area contributed by atoms with Gasteiger partial charge in [0.15, 0.2) is 0 Å². The highest BCUT2D eigenvalue weighted by molar-refractivity contribution is 6.08. The Kier molecular flexibility index (Phi) is 5.26. The largest absolute Gasteiger partial charge is 0.491 e. The van der Waals surface area contributed by atoms with Crippen LogP contribution in [-0.2, 0) is 6.61 Å². The molecular formula is C21H24N2O4. The van der Waals surface area contributed by atoms with Gasteiger partial charge in [-0.3, -0.25) is 0 Å². The zero-order valence-corrected chi connectivity index (χ0v) is 15.9. The van der Waals surface area contributed by atoms with Crippen molar-refractivity contribution < 1.29 is 19.4 Å². The van der Waals surface area contributed by atoms with Crippen LogP contribution in [0.4, 0.5) is 5.69 Å². The van der Waals surface area contributed by atoms with Crippen molar-refractivity contribution in [2.24, 2.45) is 0 Å². The monoisotopic (exact) mass is 368 g/mol. The molecule has 0 spiro atoms. The van der Waals surface area contributed by atoms with E-state index in [2.05, 4.69) is 4.98 Å². The number of anilines is 1. The highest BCUT2D eigenvalue weighted by Gasteiger charge is 2.23. The van der Waals surface area contributed by atoms with E-state index < -0.39 is 5.97 Å². The fraction of sp³-hybridized carbons (Fsp3) is 0.286. The molecule has 2 aromatic carbocycles. The van der Waals surface area contributed by atoms with E-state index in [1.165, 1.54) is 0 Å². The summed E-state index contributed by atoms with van der Waals surface area (Å²) in [5.41, 5.74) is 2.40. The van der Waals surface area contributed by atoms with Gasteiger partial charge in [-0.25, -0.2) is 4.79 Å². The highest BCUT2D eigenvalue weighted by atomic mass is 16.5. The maximum Gasteiger partial charge on any atom is 0.354 e. The summed E-state index contributed by atoms with van der Waals surface area (Å²) in [5.74, 6) is 0.193. The summed E-state index contributed by atoms with van der Waals surface area (Å²) >= 11 is 0. The SMILES string of the molecule is CC(C)Oc1cc(OCc2ccccc2)c2c(N(C)C)c(C(=O)O)[nH]c2c1. The minimum atomic E-state index is -1.02. The van der Waals surface area contributed by atoms with Gasteiger partial charge in [0.25, 0.3) is 0 Å². The summed E-state index contributed by atoms with van der Waals surface area (Å²) in [5, 5.41) is 10.3. The molecular weight excluding hydrogens is 344 g/mol. The molecule has 0 amide bonds. The number of carboxylic acids is 1. The number of ether oxygens (including phenoxy) is 2. The molecule has 0 aliphatic heterocycles. The summed E-state index contributed by atoms with van der Waals surface area (Å²) in [6, 6.07) is 13.5. The number of rotatable bonds is 7. The number of aromatic nitrogens is 1. The molecule has 2 N–H and O–H groups in total. The van der Waals surface area contributed by atoms with Crippen molar-refractivity contribution in [2.45, 2.75) is 26.6 Å². The van der Waals surface area contributed by atoms with E-state index >= 15 is 0 Å². The van der Waals surface area contributed by atoms with Crippen molar-refractivity contribution >= 4 is 22.6 Å². The number of nitrogens with zero attached hydrogens (tertiary/aromatic N) is 1. The predicted octanol–water partition coefficient (Wildman–Crippen LogP) is 4.30. The van der Waals surface area contributed by atoms with Crippen LogP contribution in [0, 0.1) is 0 Å². The first-order chi connectivity index (χ1) is 12.9. The Bertz CT molecular complexity index is 946. The van der Waals surface area contributed by atoms with Crippen molar-refractivity contribution in [2.75, 3.05) is 19.0 Å². The van der Waals surface area contributed by atoms with Gasteiger partial charge in [-0.2, -0.15) is 0 Å². The van der Waals surface area contributed by atoms with Crippen LogP contribution in [0.2, 0.25) is 0 Å². The van der Waals surface area contributed by atoms with Crippen LogP contribution < -0.4 is 14.4 Å². The van der Waals surface area contributed by atoms with E-state index in [1.54, 1.807) is 4.90 Å². The summed E-state index contributed by atoms with van der Waals surface area (Å²) in [4.78, 5) is 16.5. The quantitative estimate of drug-likeness (QED) is 0.650. The lowest BCUT2D eigenvalue weighted by atomic mass is 10.1. The molecule has 3 aromatic rings. The molecule has 142 valence electrons. The van der Waals surface area contributed by atoms with Gasteiger partial charge in [-0.15, -0.1) is 0 Å². The van der Waals surface area contributed by atoms with Crippen LogP contribution in [0.5, 0.6) is 11.5 Å². The normalized spacial score (nSPS) is 11.0. The van der Waals surface area contributed by atoms with Gasteiger partial charge in [0.1, 0.15) is 23.8 Å². The predicted molar refractivity (Wildman–Crippen MR) is 106 cm³/mol. The number of aromatic carboxylic acids is 1. The first kappa shape index (κ1) is 18.6. The lowest BCUT2D eigenvalue weighted by Crippen LogP contribution is -2.13. The van der Waals surface area contributed by atoms with E-state index in [1.807, 2.05) is 70.4 Å². The summed E-state index contributed by atoms with van der Waals surface area (Å²) in [7, 11) is 3.63. The average molecular weight is 368 g/mol. The first-order valence-corrected chi connectivity index (χ1v) is 8.80. The number of aromatic amines is 1. The molecule has 1 heterocycles. The van der Waals surface area contributed by atoms with Gasteiger partial charge >= 0.3 is 5.97 Å². The van der Waals surface area contributed by atoms with E-state index in [0.717, 1.165) is 10.9 Å². The maximum atomic E-state index is 11.7. The number of carbonyl (C=O) groups is 1. The zero-order chi connectivity index (χ0) is 19.6. The van der Waals surface area contributed by atoms with Crippen molar-refractivity contribution in [1.82, 2.24) is 4.98 Å². The van der Waals surface area contributed by atoms with Gasteiger partial charge < -0.3 is 24.5 Å². The van der Waals surface area contributed by atoms with Crippen LogP contribution in [0.15, 0.2) is 42.5 Å². The lowest BCUT2D eigenvalue weighted by Gasteiger charge is -2.17. The number of carboxylic acid groups (broad SMARTS) is 1. The molecule has 6 heteroatoms. The van der Waals surface area contributed by atoms with Crippen LogP contribution in [0.1, 0.15) is 29.9 Å². The van der Waals surface area contributed by atoms with Crippen LogP contribution in [-0.4, -0.2) is 36.3 Å². The van der Waals surface area contributed by atoms with Gasteiger partial charge in [0, 0.05) is 26.2 Å². The van der Waals surface area contributed by atoms with E-state index in [0.29, 0.717) is 29.3 Å². The molecule has 0 aliphatic rings. The third-order valence-corrected chi connectivity index (χ3v) is 4.08. The lowest BCUT2D eigenvalue weighted by molar-refractivity contribution is 0.0692. The second-order valence-corrected chi connectivity index (χ2v) is 6.83. The number of H-pyrrole nitrogens is 1. The summed E-state index contributed by atoms with van der Waals surface area (Å²) in [6.07, 6.45) is -0.00773. The van der Waals surface area contributed by atoms with Crippen molar-refractivity contribution in [3.05, 3.63) is 53.7 Å². The summed E-state index contributed by atoms with van der Waals surface area (Å²) in [6.45, 7) is 4.26. The Labute approximate surface area is 158 Å². The van der Waals surface area contributed by atoms with Crippen molar-refractivity contribution in [3.8, 4) is 11.5 Å². The van der Waals surface area contributed by atoms with Gasteiger partial charge in [0.05, 0.1) is 22.7 Å². The molecule has 1 aromatic heterocycles. The fourth-order valence-corrected chi connectivity index (χ4v) is 3.04. The van der Waals surface area contributed by atoms with Crippen molar-refractivity contribution in [3.63, 3.8) is 0 Å². The molecule has 0 fully saturated rings. The Balaban J connectivity index is 2.12. The average Bonchev–Trinajstić information content (AvgIpc) is 3.00. The Morgan fingerprint density at radius 1 is 1.19 bits per heavy atom. The second-order valence-electron chi connectivity index (χ2n) is 6.83. The minimum Gasteiger partial charge on any atom is -0.491 e. The molecule has 6 nitrogen and oxygen atoms in total. The first-order valence-electron chi connectivity index (χ1n) is 8.80. The second kappa shape index (κ2) is 7.61. The third-order valence-electron chi connectivity index (χ3n) is 4.08. The smallest absolute Gasteiger partial charge is 0.354 e. The van der Waals surface area contributed by atoms with Crippen molar-refractivity contribution in [1.29, 1.82) is 0 Å². The zero-order valence-electron chi connectivity index (χ0n) is 15.9. The minimum absolute atomic E-state index is 0.00773. The van der Waals surface area contributed by atoms with Gasteiger partial charge in [-0.1, -0.05) is 30.3 Å². The number of hydrogen-bond acceptors (Lipinski definition) is 4. The topological polar surface area (TPSA) is 74.8 Å². The van der Waals surface area contributed by atoms with Gasteiger partial charge in [0.2, 0.25) is 0 Å². The highest BCUT2D eigenvalue weighted by Crippen LogP contribution is 2.40. The fourth-order valence-electron chi connectivity index (χ4n) is 3.04. The van der Waals surface area contributed by atoms with Crippen LogP contribution in [0.25, 0.3) is 10.9 Å². The molecule has 27 heavy (non-hydrogen) atoms. The molecule has 0 bridgehead atoms. The Hall–Kier alpha value is -3.15.